The number of rotatable bonds is 14. The maximum atomic E-state index is 2.58. The number of aryl methyl sites for hydroxylation is 2. The largest absolute Gasteiger partial charge is 0.0654 e. The van der Waals surface area contributed by atoms with Crippen LogP contribution in [0.25, 0.3) is 21.9 Å². The predicted octanol–water partition coefficient (Wildman–Crippen LogP) is 11.2. The van der Waals surface area contributed by atoms with Crippen LogP contribution in [0.2, 0.25) is 0 Å². The molecule has 0 saturated carbocycles. The molecule has 0 bridgehead atoms. The Labute approximate surface area is 215 Å². The van der Waals surface area contributed by atoms with Crippen molar-refractivity contribution in [3.63, 3.8) is 0 Å². The van der Waals surface area contributed by atoms with Crippen LogP contribution in [-0.2, 0) is 5.41 Å². The van der Waals surface area contributed by atoms with Crippen LogP contribution >= 0.6 is 0 Å². The van der Waals surface area contributed by atoms with Gasteiger partial charge in [-0.05, 0) is 65.3 Å². The van der Waals surface area contributed by atoms with Gasteiger partial charge in [0.05, 0.1) is 0 Å². The third-order valence-electron chi connectivity index (χ3n) is 8.64. The predicted molar refractivity (Wildman–Crippen MR) is 156 cm³/mol. The average molecular weight is 469 g/mol. The molecular weight excluding hydrogens is 420 g/mol. The van der Waals surface area contributed by atoms with E-state index in [1.807, 2.05) is 0 Å². The molecule has 0 heteroatoms. The molecule has 3 aromatic carbocycles. The van der Waals surface area contributed by atoms with Gasteiger partial charge in [-0.3, -0.25) is 0 Å². The highest BCUT2D eigenvalue weighted by Crippen LogP contribution is 2.56. The minimum absolute atomic E-state index is 0.182. The van der Waals surface area contributed by atoms with E-state index >= 15 is 0 Å². The van der Waals surface area contributed by atoms with E-state index < -0.39 is 0 Å². The third-order valence-corrected chi connectivity index (χ3v) is 8.64. The van der Waals surface area contributed by atoms with Crippen molar-refractivity contribution in [2.75, 3.05) is 0 Å². The zero-order chi connectivity index (χ0) is 24.7. The molecule has 0 spiro atoms. The lowest BCUT2D eigenvalue weighted by Crippen LogP contribution is -2.26. The molecule has 0 saturated heterocycles. The van der Waals surface area contributed by atoms with E-state index in [1.54, 1.807) is 11.1 Å². The molecule has 1 aliphatic carbocycles. The van der Waals surface area contributed by atoms with Crippen molar-refractivity contribution >= 4 is 10.8 Å². The Balaban J connectivity index is 1.73. The highest BCUT2D eigenvalue weighted by atomic mass is 14.5. The topological polar surface area (TPSA) is 0 Å². The number of hydrogen-bond donors (Lipinski definition) is 0. The van der Waals surface area contributed by atoms with E-state index in [-0.39, 0.29) is 5.41 Å². The van der Waals surface area contributed by atoms with Crippen LogP contribution < -0.4 is 0 Å². The van der Waals surface area contributed by atoms with Crippen LogP contribution in [0.3, 0.4) is 0 Å². The third kappa shape index (κ3) is 5.52. The molecule has 0 fully saturated rings. The number of unbranched alkanes of at least 4 members (excludes halogenated alkanes) is 10. The maximum absolute atomic E-state index is 2.58. The molecular formula is C35H48. The van der Waals surface area contributed by atoms with Gasteiger partial charge in [0.1, 0.15) is 0 Å². The first-order valence-electron chi connectivity index (χ1n) is 14.8. The van der Waals surface area contributed by atoms with E-state index in [1.165, 1.54) is 123 Å². The van der Waals surface area contributed by atoms with E-state index in [0.717, 1.165) is 0 Å². The molecule has 35 heavy (non-hydrogen) atoms. The molecule has 4 rings (SSSR count). The number of benzene rings is 3. The lowest BCUT2D eigenvalue weighted by Gasteiger charge is -2.33. The molecule has 0 aliphatic heterocycles. The van der Waals surface area contributed by atoms with Crippen molar-refractivity contribution < 1.29 is 0 Å². The molecule has 3 aromatic rings. The summed E-state index contributed by atoms with van der Waals surface area (Å²) >= 11 is 0. The fourth-order valence-corrected chi connectivity index (χ4v) is 6.72. The second kappa shape index (κ2) is 12.2. The summed E-state index contributed by atoms with van der Waals surface area (Å²) < 4.78 is 0. The minimum atomic E-state index is 0.182. The first-order valence-corrected chi connectivity index (χ1v) is 14.8. The molecule has 0 atom stereocenters. The molecule has 0 radical (unpaired) electrons. The Morgan fingerprint density at radius 3 is 1.77 bits per heavy atom. The van der Waals surface area contributed by atoms with Gasteiger partial charge >= 0.3 is 0 Å². The lowest BCUT2D eigenvalue weighted by molar-refractivity contribution is 0.397. The van der Waals surface area contributed by atoms with Crippen LogP contribution in [0.15, 0.2) is 48.5 Å². The molecule has 0 unspecified atom stereocenters. The van der Waals surface area contributed by atoms with Gasteiger partial charge in [0.15, 0.2) is 0 Å². The van der Waals surface area contributed by atoms with Crippen LogP contribution in [0.4, 0.5) is 0 Å². The summed E-state index contributed by atoms with van der Waals surface area (Å²) in [5, 5.41) is 2.88. The summed E-state index contributed by atoms with van der Waals surface area (Å²) in [7, 11) is 0. The zero-order valence-corrected chi connectivity index (χ0v) is 23.0. The second-order valence-electron chi connectivity index (χ2n) is 11.3. The van der Waals surface area contributed by atoms with Crippen LogP contribution in [0, 0.1) is 13.8 Å². The first-order chi connectivity index (χ1) is 17.1. The van der Waals surface area contributed by atoms with Crippen molar-refractivity contribution in [3.05, 3.63) is 70.8 Å². The highest BCUT2D eigenvalue weighted by Gasteiger charge is 2.43. The molecule has 0 N–H and O–H groups in total. The van der Waals surface area contributed by atoms with Gasteiger partial charge in [0, 0.05) is 5.41 Å². The standard InChI is InChI=1S/C35H48/c1-5-7-9-11-13-17-23-35(24-18-14-12-10-8-6-2)32-25-27(3)21-22-31(32)34-30-20-16-15-19-29(30)28(4)26-33(34)35/h15-16,19-22,25-26H,5-14,17-18,23-24H2,1-4H3. The van der Waals surface area contributed by atoms with E-state index in [4.69, 9.17) is 0 Å². The van der Waals surface area contributed by atoms with Gasteiger partial charge in [0.2, 0.25) is 0 Å². The quantitative estimate of drug-likeness (QED) is 0.206. The van der Waals surface area contributed by atoms with Crippen LogP contribution in [0.1, 0.15) is 126 Å². The van der Waals surface area contributed by atoms with Crippen molar-refractivity contribution in [2.45, 2.75) is 123 Å². The van der Waals surface area contributed by atoms with Gasteiger partial charge in [-0.2, -0.15) is 0 Å². The van der Waals surface area contributed by atoms with Crippen LogP contribution in [0.5, 0.6) is 0 Å². The van der Waals surface area contributed by atoms with Crippen molar-refractivity contribution in [1.82, 2.24) is 0 Å². The summed E-state index contributed by atoms with van der Waals surface area (Å²) in [6, 6.07) is 19.0. The van der Waals surface area contributed by atoms with Gasteiger partial charge in [0.25, 0.3) is 0 Å². The number of hydrogen-bond acceptors (Lipinski definition) is 0. The van der Waals surface area contributed by atoms with E-state index in [9.17, 15) is 0 Å². The summed E-state index contributed by atoms with van der Waals surface area (Å²) in [6.07, 6.45) is 19.1. The Kier molecular flexibility index (Phi) is 9.10. The van der Waals surface area contributed by atoms with Crippen molar-refractivity contribution in [2.24, 2.45) is 0 Å². The average Bonchev–Trinajstić information content (AvgIpc) is 3.12. The van der Waals surface area contributed by atoms with Crippen molar-refractivity contribution in [1.29, 1.82) is 0 Å². The van der Waals surface area contributed by atoms with Gasteiger partial charge in [-0.1, -0.05) is 145 Å². The summed E-state index contributed by atoms with van der Waals surface area (Å²) in [5.74, 6) is 0. The normalized spacial score (nSPS) is 13.8. The smallest absolute Gasteiger partial charge is 0.0215 e. The van der Waals surface area contributed by atoms with Gasteiger partial charge in [-0.15, -0.1) is 0 Å². The molecule has 0 heterocycles. The zero-order valence-electron chi connectivity index (χ0n) is 23.0. The molecule has 0 aromatic heterocycles. The fourth-order valence-electron chi connectivity index (χ4n) is 6.72. The maximum Gasteiger partial charge on any atom is 0.0215 e. The summed E-state index contributed by atoms with van der Waals surface area (Å²) in [4.78, 5) is 0. The molecule has 0 nitrogen and oxygen atoms in total. The Hall–Kier alpha value is -2.08. The SMILES string of the molecule is CCCCCCCCC1(CCCCCCCC)c2cc(C)ccc2-c2c1cc(C)c1ccccc21. The van der Waals surface area contributed by atoms with Gasteiger partial charge in [-0.25, -0.2) is 0 Å². The molecule has 188 valence electrons. The molecule has 0 amide bonds. The van der Waals surface area contributed by atoms with Gasteiger partial charge < -0.3 is 0 Å². The lowest BCUT2D eigenvalue weighted by atomic mass is 9.70. The Bertz CT molecular complexity index is 1090. The monoisotopic (exact) mass is 468 g/mol. The summed E-state index contributed by atoms with van der Waals surface area (Å²) in [6.45, 7) is 9.25. The highest BCUT2D eigenvalue weighted by molar-refractivity contribution is 6.04. The summed E-state index contributed by atoms with van der Waals surface area (Å²) in [5.41, 5.74) is 9.35. The molecule has 1 aliphatic rings. The second-order valence-corrected chi connectivity index (χ2v) is 11.3. The van der Waals surface area contributed by atoms with E-state index in [2.05, 4.69) is 76.2 Å². The fraction of sp³-hybridized carbons (Fsp3) is 0.543. The van der Waals surface area contributed by atoms with E-state index in [0.29, 0.717) is 0 Å². The first kappa shape index (κ1) is 26.0. The van der Waals surface area contributed by atoms with Crippen molar-refractivity contribution in [3.8, 4) is 11.1 Å². The number of fused-ring (bicyclic) bond motifs is 5. The minimum Gasteiger partial charge on any atom is -0.0654 e. The van der Waals surface area contributed by atoms with Crippen LogP contribution in [-0.4, -0.2) is 0 Å². The Morgan fingerprint density at radius 2 is 1.14 bits per heavy atom. The Morgan fingerprint density at radius 1 is 0.571 bits per heavy atom.